The molecule has 3 heteroatoms. The van der Waals surface area contributed by atoms with Crippen LogP contribution in [-0.4, -0.2) is 22.9 Å². The van der Waals surface area contributed by atoms with Crippen LogP contribution in [-0.2, 0) is 0 Å². The molecule has 2 rings (SSSR count). The Morgan fingerprint density at radius 1 is 1.44 bits per heavy atom. The maximum Gasteiger partial charge on any atom is 0.257 e. The van der Waals surface area contributed by atoms with Gasteiger partial charge in [-0.1, -0.05) is 13.0 Å². The van der Waals surface area contributed by atoms with E-state index in [0.717, 1.165) is 24.8 Å². The summed E-state index contributed by atoms with van der Waals surface area (Å²) < 4.78 is 13.9. The first-order chi connectivity index (χ1) is 8.54. The average molecular weight is 249 g/mol. The highest BCUT2D eigenvalue weighted by atomic mass is 19.1. The fourth-order valence-corrected chi connectivity index (χ4v) is 2.77. The van der Waals surface area contributed by atoms with Crippen LogP contribution in [0.4, 0.5) is 4.39 Å². The van der Waals surface area contributed by atoms with Crippen molar-refractivity contribution in [3.05, 3.63) is 35.1 Å². The van der Waals surface area contributed by atoms with Crippen molar-refractivity contribution in [2.24, 2.45) is 0 Å². The van der Waals surface area contributed by atoms with Gasteiger partial charge in [0.05, 0.1) is 5.56 Å². The monoisotopic (exact) mass is 249 g/mol. The van der Waals surface area contributed by atoms with Gasteiger partial charge < -0.3 is 4.90 Å². The quantitative estimate of drug-likeness (QED) is 0.785. The lowest BCUT2D eigenvalue weighted by Crippen LogP contribution is -2.40. The van der Waals surface area contributed by atoms with Crippen molar-refractivity contribution in [1.29, 1.82) is 0 Å². The lowest BCUT2D eigenvalue weighted by Gasteiger charge is -2.28. The predicted molar refractivity (Wildman–Crippen MR) is 70.1 cm³/mol. The van der Waals surface area contributed by atoms with Crippen LogP contribution in [0.5, 0.6) is 0 Å². The smallest absolute Gasteiger partial charge is 0.257 e. The highest BCUT2D eigenvalue weighted by Gasteiger charge is 2.34. The molecule has 98 valence electrons. The molecule has 1 heterocycles. The largest absolute Gasteiger partial charge is 0.333 e. The summed E-state index contributed by atoms with van der Waals surface area (Å²) in [5.41, 5.74) is 1.04. The van der Waals surface area contributed by atoms with E-state index < -0.39 is 5.82 Å². The highest BCUT2D eigenvalue weighted by molar-refractivity contribution is 5.95. The molecule has 1 fully saturated rings. The van der Waals surface area contributed by atoms with Crippen LogP contribution < -0.4 is 0 Å². The molecule has 2 atom stereocenters. The standard InChI is InChI=1S/C15H20FNO/c1-4-12-7-6-11(3)17(12)15(18)13-8-5-10(2)9-14(13)16/h5,8-9,11-12H,4,6-7H2,1-3H3. The number of likely N-dealkylation sites (tertiary alicyclic amines) is 1. The number of rotatable bonds is 2. The normalized spacial score (nSPS) is 23.4. The van der Waals surface area contributed by atoms with Gasteiger partial charge in [0, 0.05) is 12.1 Å². The van der Waals surface area contributed by atoms with E-state index in [1.54, 1.807) is 12.1 Å². The highest BCUT2D eigenvalue weighted by Crippen LogP contribution is 2.28. The minimum atomic E-state index is -0.408. The Morgan fingerprint density at radius 2 is 2.17 bits per heavy atom. The molecule has 1 aliphatic rings. The lowest BCUT2D eigenvalue weighted by molar-refractivity contribution is 0.0671. The van der Waals surface area contributed by atoms with Crippen molar-refractivity contribution in [1.82, 2.24) is 4.90 Å². The van der Waals surface area contributed by atoms with Crippen LogP contribution in [0.25, 0.3) is 0 Å². The van der Waals surface area contributed by atoms with Crippen molar-refractivity contribution in [3.8, 4) is 0 Å². The Morgan fingerprint density at radius 3 is 2.78 bits per heavy atom. The Kier molecular flexibility index (Phi) is 3.69. The summed E-state index contributed by atoms with van der Waals surface area (Å²) >= 11 is 0. The van der Waals surface area contributed by atoms with Crippen molar-refractivity contribution >= 4 is 5.91 Å². The Labute approximate surface area is 108 Å². The number of carbonyl (C=O) groups excluding carboxylic acids is 1. The summed E-state index contributed by atoms with van der Waals surface area (Å²) in [6.07, 6.45) is 2.97. The molecule has 0 saturated carbocycles. The predicted octanol–water partition coefficient (Wildman–Crippen LogP) is 3.54. The zero-order valence-corrected chi connectivity index (χ0v) is 11.2. The molecular weight excluding hydrogens is 229 g/mol. The van der Waals surface area contributed by atoms with Gasteiger partial charge in [0.25, 0.3) is 5.91 Å². The second kappa shape index (κ2) is 5.09. The molecule has 1 saturated heterocycles. The first kappa shape index (κ1) is 13.1. The molecule has 2 nitrogen and oxygen atoms in total. The fraction of sp³-hybridized carbons (Fsp3) is 0.533. The fourth-order valence-electron chi connectivity index (χ4n) is 2.77. The third-order valence-electron chi connectivity index (χ3n) is 3.85. The van der Waals surface area contributed by atoms with E-state index in [9.17, 15) is 9.18 Å². The molecule has 0 bridgehead atoms. The number of hydrogen-bond donors (Lipinski definition) is 0. The third kappa shape index (κ3) is 2.26. The summed E-state index contributed by atoms with van der Waals surface area (Å²) in [4.78, 5) is 14.3. The third-order valence-corrected chi connectivity index (χ3v) is 3.85. The van der Waals surface area contributed by atoms with Crippen molar-refractivity contribution in [2.45, 2.75) is 52.1 Å². The Bertz CT molecular complexity index is 458. The molecule has 0 aliphatic carbocycles. The van der Waals surface area contributed by atoms with Crippen LogP contribution >= 0.6 is 0 Å². The van der Waals surface area contributed by atoms with Crippen LogP contribution in [0.3, 0.4) is 0 Å². The first-order valence-corrected chi connectivity index (χ1v) is 6.63. The number of benzene rings is 1. The maximum atomic E-state index is 13.9. The minimum Gasteiger partial charge on any atom is -0.333 e. The Balaban J connectivity index is 2.30. The van der Waals surface area contributed by atoms with Gasteiger partial charge in [-0.3, -0.25) is 4.79 Å². The first-order valence-electron chi connectivity index (χ1n) is 6.63. The summed E-state index contributed by atoms with van der Waals surface area (Å²) in [7, 11) is 0. The molecular formula is C15H20FNO. The van der Waals surface area contributed by atoms with Gasteiger partial charge in [0.1, 0.15) is 5.82 Å². The van der Waals surface area contributed by atoms with E-state index >= 15 is 0 Å². The summed E-state index contributed by atoms with van der Waals surface area (Å²) in [6.45, 7) is 5.94. The summed E-state index contributed by atoms with van der Waals surface area (Å²) in [5, 5.41) is 0. The van der Waals surface area contributed by atoms with Gasteiger partial charge in [0.2, 0.25) is 0 Å². The molecule has 18 heavy (non-hydrogen) atoms. The summed E-state index contributed by atoms with van der Waals surface area (Å²) in [5.74, 6) is -0.571. The molecule has 0 radical (unpaired) electrons. The van der Waals surface area contributed by atoms with Crippen molar-refractivity contribution < 1.29 is 9.18 Å². The topological polar surface area (TPSA) is 20.3 Å². The molecule has 0 aromatic heterocycles. The van der Waals surface area contributed by atoms with Gasteiger partial charge in [-0.05, 0) is 50.8 Å². The van der Waals surface area contributed by atoms with Gasteiger partial charge >= 0.3 is 0 Å². The number of halogens is 1. The maximum absolute atomic E-state index is 13.9. The van der Waals surface area contributed by atoms with Gasteiger partial charge in [-0.2, -0.15) is 0 Å². The second-order valence-electron chi connectivity index (χ2n) is 5.18. The number of hydrogen-bond acceptors (Lipinski definition) is 1. The summed E-state index contributed by atoms with van der Waals surface area (Å²) in [6, 6.07) is 5.29. The number of amides is 1. The van der Waals surface area contributed by atoms with Gasteiger partial charge in [0.15, 0.2) is 0 Å². The van der Waals surface area contributed by atoms with Crippen LogP contribution in [0.15, 0.2) is 18.2 Å². The van der Waals surface area contributed by atoms with Crippen LogP contribution in [0.1, 0.15) is 49.0 Å². The second-order valence-corrected chi connectivity index (χ2v) is 5.18. The van der Waals surface area contributed by atoms with Crippen molar-refractivity contribution in [3.63, 3.8) is 0 Å². The zero-order chi connectivity index (χ0) is 13.3. The van der Waals surface area contributed by atoms with E-state index in [-0.39, 0.29) is 23.6 Å². The number of aryl methyl sites for hydroxylation is 1. The van der Waals surface area contributed by atoms with Gasteiger partial charge in [-0.25, -0.2) is 4.39 Å². The molecule has 0 N–H and O–H groups in total. The van der Waals surface area contributed by atoms with Gasteiger partial charge in [-0.15, -0.1) is 0 Å². The van der Waals surface area contributed by atoms with E-state index in [4.69, 9.17) is 0 Å². The molecule has 1 aromatic carbocycles. The lowest BCUT2D eigenvalue weighted by atomic mass is 10.1. The molecule has 0 spiro atoms. The minimum absolute atomic E-state index is 0.163. The average Bonchev–Trinajstić information content (AvgIpc) is 2.69. The van der Waals surface area contributed by atoms with E-state index in [0.29, 0.717) is 0 Å². The molecule has 2 unspecified atom stereocenters. The van der Waals surface area contributed by atoms with Crippen LogP contribution in [0, 0.1) is 12.7 Å². The molecule has 1 aromatic rings. The Hall–Kier alpha value is -1.38. The van der Waals surface area contributed by atoms with Crippen LogP contribution in [0.2, 0.25) is 0 Å². The van der Waals surface area contributed by atoms with E-state index in [2.05, 4.69) is 6.92 Å². The molecule has 1 amide bonds. The van der Waals surface area contributed by atoms with E-state index in [1.165, 1.54) is 6.07 Å². The number of carbonyl (C=O) groups is 1. The number of nitrogens with zero attached hydrogens (tertiary/aromatic N) is 1. The van der Waals surface area contributed by atoms with E-state index in [1.807, 2.05) is 18.7 Å². The molecule has 1 aliphatic heterocycles. The zero-order valence-electron chi connectivity index (χ0n) is 11.2. The van der Waals surface area contributed by atoms with Crippen molar-refractivity contribution in [2.75, 3.05) is 0 Å². The SMILES string of the molecule is CCC1CCC(C)N1C(=O)c1ccc(C)cc1F.